The van der Waals surface area contributed by atoms with Crippen LogP contribution in [0.4, 0.5) is 14.9 Å². The summed E-state index contributed by atoms with van der Waals surface area (Å²) in [5.41, 5.74) is -0.915. The number of carbonyl (C=O) groups is 1. The number of amides is 1. The molecule has 1 aliphatic rings. The van der Waals surface area contributed by atoms with E-state index in [1.54, 1.807) is 20.8 Å². The van der Waals surface area contributed by atoms with E-state index in [2.05, 4.69) is 0 Å². The van der Waals surface area contributed by atoms with E-state index < -0.39 is 28.1 Å². The molecule has 1 fully saturated rings. The maximum Gasteiger partial charge on any atom is 0.410 e. The van der Waals surface area contributed by atoms with Gasteiger partial charge in [0.05, 0.1) is 30.7 Å². The zero-order valence-electron chi connectivity index (χ0n) is 15.3. The standard InChI is InChI=1S/C17H23FN2O6/c1-17(2,3)26-16(21)19(4)9-11-7-12(20(22)23)8-14(18)15(11)25-13-5-6-24-10-13/h7-8,13H,5-6,9-10H2,1-4H3. The highest BCUT2D eigenvalue weighted by atomic mass is 19.1. The number of carbonyl (C=O) groups excluding carboxylic acids is 1. The van der Waals surface area contributed by atoms with Gasteiger partial charge in [0.15, 0.2) is 11.6 Å². The van der Waals surface area contributed by atoms with Gasteiger partial charge < -0.3 is 19.1 Å². The summed E-state index contributed by atoms with van der Waals surface area (Å²) in [4.78, 5) is 23.7. The molecule has 0 spiro atoms. The molecule has 9 heteroatoms. The first-order chi connectivity index (χ1) is 12.1. The average molecular weight is 370 g/mol. The average Bonchev–Trinajstić information content (AvgIpc) is 3.01. The zero-order chi connectivity index (χ0) is 19.5. The quantitative estimate of drug-likeness (QED) is 0.584. The fourth-order valence-corrected chi connectivity index (χ4v) is 2.42. The lowest BCUT2D eigenvalue weighted by atomic mass is 10.1. The number of rotatable bonds is 5. The third-order valence-corrected chi connectivity index (χ3v) is 3.60. The minimum absolute atomic E-state index is 0.101. The third kappa shape index (κ3) is 5.29. The van der Waals surface area contributed by atoms with E-state index in [-0.39, 0.29) is 24.0 Å². The number of hydrogen-bond donors (Lipinski definition) is 0. The molecule has 1 aromatic carbocycles. The molecule has 0 aromatic heterocycles. The number of ether oxygens (including phenoxy) is 3. The highest BCUT2D eigenvalue weighted by Gasteiger charge is 2.26. The van der Waals surface area contributed by atoms with Crippen LogP contribution in [0.2, 0.25) is 0 Å². The van der Waals surface area contributed by atoms with Crippen LogP contribution in [0.15, 0.2) is 12.1 Å². The third-order valence-electron chi connectivity index (χ3n) is 3.60. The lowest BCUT2D eigenvalue weighted by molar-refractivity contribution is -0.385. The summed E-state index contributed by atoms with van der Waals surface area (Å²) in [6.45, 7) is 5.89. The van der Waals surface area contributed by atoms with Crippen LogP contribution in [0.5, 0.6) is 5.75 Å². The Labute approximate surface area is 151 Å². The molecule has 2 rings (SSSR count). The molecule has 0 N–H and O–H groups in total. The molecule has 0 aliphatic carbocycles. The number of non-ortho nitro benzene ring substituents is 1. The second-order valence-electron chi connectivity index (χ2n) is 7.11. The first kappa shape index (κ1) is 19.9. The molecule has 144 valence electrons. The minimum Gasteiger partial charge on any atom is -0.484 e. The van der Waals surface area contributed by atoms with Gasteiger partial charge in [-0.1, -0.05) is 0 Å². The Kier molecular flexibility index (Phi) is 6.01. The monoisotopic (exact) mass is 370 g/mol. The molecule has 1 unspecified atom stereocenters. The van der Waals surface area contributed by atoms with Crippen LogP contribution in [-0.2, 0) is 16.0 Å². The first-order valence-electron chi connectivity index (χ1n) is 8.22. The molecule has 0 radical (unpaired) electrons. The number of halogens is 1. The highest BCUT2D eigenvalue weighted by Crippen LogP contribution is 2.31. The molecule has 1 amide bonds. The van der Waals surface area contributed by atoms with E-state index >= 15 is 0 Å². The van der Waals surface area contributed by atoms with Gasteiger partial charge in [-0.25, -0.2) is 9.18 Å². The predicted octanol–water partition coefficient (Wildman–Crippen LogP) is 3.27. The number of benzene rings is 1. The number of hydrogen-bond acceptors (Lipinski definition) is 6. The van der Waals surface area contributed by atoms with E-state index in [1.807, 2.05) is 0 Å². The molecule has 8 nitrogen and oxygen atoms in total. The lowest BCUT2D eigenvalue weighted by Gasteiger charge is -2.25. The lowest BCUT2D eigenvalue weighted by Crippen LogP contribution is -2.34. The highest BCUT2D eigenvalue weighted by molar-refractivity contribution is 5.68. The van der Waals surface area contributed by atoms with Crippen molar-refractivity contribution < 1.29 is 28.3 Å². The van der Waals surface area contributed by atoms with Crippen LogP contribution in [-0.4, -0.2) is 47.9 Å². The van der Waals surface area contributed by atoms with Crippen molar-refractivity contribution in [1.82, 2.24) is 4.90 Å². The molecular weight excluding hydrogens is 347 g/mol. The second kappa shape index (κ2) is 7.86. The van der Waals surface area contributed by atoms with Gasteiger partial charge in [-0.05, 0) is 20.8 Å². The topological polar surface area (TPSA) is 91.1 Å². The Hall–Kier alpha value is -2.42. The molecule has 1 heterocycles. The Morgan fingerprint density at radius 2 is 2.15 bits per heavy atom. The minimum atomic E-state index is -0.848. The smallest absolute Gasteiger partial charge is 0.410 e. The maximum absolute atomic E-state index is 14.4. The Bertz CT molecular complexity index is 683. The molecular formula is C17H23FN2O6. The van der Waals surface area contributed by atoms with E-state index in [0.29, 0.717) is 19.6 Å². The van der Waals surface area contributed by atoms with Crippen molar-refractivity contribution in [3.05, 3.63) is 33.6 Å². The maximum atomic E-state index is 14.4. The fraction of sp³-hybridized carbons (Fsp3) is 0.588. The van der Waals surface area contributed by atoms with Crippen LogP contribution in [0.1, 0.15) is 32.8 Å². The molecule has 0 bridgehead atoms. The molecule has 0 saturated carbocycles. The Morgan fingerprint density at radius 3 is 2.69 bits per heavy atom. The molecule has 1 aliphatic heterocycles. The van der Waals surface area contributed by atoms with Crippen molar-refractivity contribution in [3.8, 4) is 5.75 Å². The summed E-state index contributed by atoms with van der Waals surface area (Å²) in [6.07, 6.45) is -0.367. The predicted molar refractivity (Wildman–Crippen MR) is 90.6 cm³/mol. The summed E-state index contributed by atoms with van der Waals surface area (Å²) in [5, 5.41) is 11.0. The van der Waals surface area contributed by atoms with E-state index in [0.717, 1.165) is 6.07 Å². The van der Waals surface area contributed by atoms with Crippen molar-refractivity contribution in [2.75, 3.05) is 20.3 Å². The molecule has 1 aromatic rings. The number of nitrogens with zero attached hydrogens (tertiary/aromatic N) is 2. The number of nitro benzene ring substituents is 1. The van der Waals surface area contributed by atoms with Crippen LogP contribution in [0.3, 0.4) is 0 Å². The first-order valence-corrected chi connectivity index (χ1v) is 8.22. The van der Waals surface area contributed by atoms with Crippen molar-refractivity contribution >= 4 is 11.8 Å². The van der Waals surface area contributed by atoms with Gasteiger partial charge in [-0.2, -0.15) is 0 Å². The largest absolute Gasteiger partial charge is 0.484 e. The van der Waals surface area contributed by atoms with Gasteiger partial charge in [0.2, 0.25) is 0 Å². The van der Waals surface area contributed by atoms with Gasteiger partial charge in [-0.3, -0.25) is 10.1 Å². The zero-order valence-corrected chi connectivity index (χ0v) is 15.3. The van der Waals surface area contributed by atoms with E-state index in [1.165, 1.54) is 18.0 Å². The van der Waals surface area contributed by atoms with Gasteiger partial charge in [0.1, 0.15) is 11.7 Å². The number of nitro groups is 1. The van der Waals surface area contributed by atoms with Crippen molar-refractivity contribution in [1.29, 1.82) is 0 Å². The van der Waals surface area contributed by atoms with Crippen molar-refractivity contribution in [2.24, 2.45) is 0 Å². The van der Waals surface area contributed by atoms with Gasteiger partial charge in [0.25, 0.3) is 5.69 Å². The SMILES string of the molecule is CN(Cc1cc([N+](=O)[O-])cc(F)c1OC1CCOC1)C(=O)OC(C)(C)C. The summed E-state index contributed by atoms with van der Waals surface area (Å²) in [5.74, 6) is -0.958. The summed E-state index contributed by atoms with van der Waals surface area (Å²) < 4.78 is 30.6. The Morgan fingerprint density at radius 1 is 1.46 bits per heavy atom. The van der Waals surface area contributed by atoms with Crippen LogP contribution < -0.4 is 4.74 Å². The van der Waals surface area contributed by atoms with E-state index in [4.69, 9.17) is 14.2 Å². The summed E-state index contributed by atoms with van der Waals surface area (Å²) in [6, 6.07) is 2.01. The molecule has 26 heavy (non-hydrogen) atoms. The van der Waals surface area contributed by atoms with Crippen molar-refractivity contribution in [2.45, 2.75) is 45.4 Å². The Balaban J connectivity index is 2.27. The molecule has 1 saturated heterocycles. The van der Waals surface area contributed by atoms with Crippen LogP contribution >= 0.6 is 0 Å². The van der Waals surface area contributed by atoms with Crippen LogP contribution in [0.25, 0.3) is 0 Å². The van der Waals surface area contributed by atoms with Crippen LogP contribution in [0, 0.1) is 15.9 Å². The summed E-state index contributed by atoms with van der Waals surface area (Å²) in [7, 11) is 1.47. The van der Waals surface area contributed by atoms with Gasteiger partial charge >= 0.3 is 6.09 Å². The normalized spacial score (nSPS) is 17.0. The second-order valence-corrected chi connectivity index (χ2v) is 7.11. The van der Waals surface area contributed by atoms with E-state index in [9.17, 15) is 19.3 Å². The van der Waals surface area contributed by atoms with Gasteiger partial charge in [-0.15, -0.1) is 0 Å². The summed E-state index contributed by atoms with van der Waals surface area (Å²) >= 11 is 0. The fourth-order valence-electron chi connectivity index (χ4n) is 2.42. The van der Waals surface area contributed by atoms with Crippen molar-refractivity contribution in [3.63, 3.8) is 0 Å². The molecule has 1 atom stereocenters. The van der Waals surface area contributed by atoms with Gasteiger partial charge in [0, 0.05) is 25.1 Å².